The molecule has 0 aliphatic rings. The molecule has 7 nitrogen and oxygen atoms in total. The lowest BCUT2D eigenvalue weighted by atomic mass is 9.90. The number of benzene rings is 1. The first kappa shape index (κ1) is 17.4. The lowest BCUT2D eigenvalue weighted by molar-refractivity contribution is -0.384. The van der Waals surface area contributed by atoms with Gasteiger partial charge in [0.2, 0.25) is 0 Å². The summed E-state index contributed by atoms with van der Waals surface area (Å²) >= 11 is 0. The van der Waals surface area contributed by atoms with Crippen LogP contribution in [0.15, 0.2) is 18.2 Å². The summed E-state index contributed by atoms with van der Waals surface area (Å²) in [6, 6.07) is 6.22. The number of hydrogen-bond acceptors (Lipinski definition) is 5. The average Bonchev–Trinajstić information content (AvgIpc) is 2.45. The fraction of sp³-hybridized carbons (Fsp3) is 0.467. The van der Waals surface area contributed by atoms with Gasteiger partial charge in [0.15, 0.2) is 6.61 Å². The summed E-state index contributed by atoms with van der Waals surface area (Å²) in [6.07, 6.45) is 0. The van der Waals surface area contributed by atoms with E-state index in [4.69, 9.17) is 10.00 Å². The zero-order valence-electron chi connectivity index (χ0n) is 13.0. The number of nitrogens with zero attached hydrogens (tertiary/aromatic N) is 2. The van der Waals surface area contributed by atoms with E-state index in [9.17, 15) is 14.9 Å². The number of non-ortho nitro benzene ring substituents is 1. The average molecular weight is 305 g/mol. The number of rotatable bonds is 6. The van der Waals surface area contributed by atoms with Crippen molar-refractivity contribution in [3.05, 3.63) is 33.9 Å². The number of hydrogen-bond donors (Lipinski definition) is 1. The molecule has 0 fully saturated rings. The molecule has 0 aromatic heterocycles. The van der Waals surface area contributed by atoms with E-state index in [1.165, 1.54) is 18.2 Å². The van der Waals surface area contributed by atoms with Gasteiger partial charge in [-0.05, 0) is 31.4 Å². The molecule has 22 heavy (non-hydrogen) atoms. The topological polar surface area (TPSA) is 105 Å². The number of carbonyl (C=O) groups excluding carboxylic acids is 1. The number of nitro benzene ring substituents is 1. The molecule has 7 heteroatoms. The number of nitro groups is 1. The van der Waals surface area contributed by atoms with Crippen LogP contribution in [0.25, 0.3) is 0 Å². The Morgan fingerprint density at radius 1 is 1.55 bits per heavy atom. The van der Waals surface area contributed by atoms with Crippen molar-refractivity contribution in [1.29, 1.82) is 5.26 Å². The van der Waals surface area contributed by atoms with Crippen LogP contribution < -0.4 is 10.1 Å². The van der Waals surface area contributed by atoms with Gasteiger partial charge in [0.05, 0.1) is 11.0 Å². The van der Waals surface area contributed by atoms with Crippen molar-refractivity contribution in [2.45, 2.75) is 33.2 Å². The van der Waals surface area contributed by atoms with Crippen LogP contribution in [0.3, 0.4) is 0 Å². The molecule has 1 amide bonds. The first-order valence-corrected chi connectivity index (χ1v) is 6.79. The maximum Gasteiger partial charge on any atom is 0.269 e. The molecule has 0 aliphatic carbocycles. The van der Waals surface area contributed by atoms with Crippen LogP contribution in [0.5, 0.6) is 5.75 Å². The van der Waals surface area contributed by atoms with Gasteiger partial charge in [-0.3, -0.25) is 14.9 Å². The summed E-state index contributed by atoms with van der Waals surface area (Å²) in [5, 5.41) is 22.4. The maximum absolute atomic E-state index is 11.9. The van der Waals surface area contributed by atoms with Crippen LogP contribution in [0, 0.1) is 34.3 Å². The zero-order chi connectivity index (χ0) is 16.9. The molecule has 1 rings (SSSR count). The van der Waals surface area contributed by atoms with E-state index in [1.807, 2.05) is 13.8 Å². The molecule has 1 aromatic carbocycles. The summed E-state index contributed by atoms with van der Waals surface area (Å²) in [5.41, 5.74) is -0.439. The third-order valence-electron chi connectivity index (χ3n) is 3.51. The number of ether oxygens (including phenoxy) is 1. The maximum atomic E-state index is 11.9. The van der Waals surface area contributed by atoms with E-state index in [2.05, 4.69) is 11.4 Å². The summed E-state index contributed by atoms with van der Waals surface area (Å²) < 4.78 is 5.36. The van der Waals surface area contributed by atoms with Crippen LogP contribution >= 0.6 is 0 Å². The van der Waals surface area contributed by atoms with Crippen LogP contribution in [-0.2, 0) is 4.79 Å². The predicted molar refractivity (Wildman–Crippen MR) is 80.3 cm³/mol. The highest BCUT2D eigenvalue weighted by molar-refractivity contribution is 5.78. The van der Waals surface area contributed by atoms with E-state index in [-0.39, 0.29) is 18.2 Å². The molecule has 0 saturated carbocycles. The SMILES string of the molecule is Cc1cc([N+](=O)[O-])ccc1OCC(=O)NC(C)(C#N)C(C)C. The molecule has 0 bridgehead atoms. The van der Waals surface area contributed by atoms with Gasteiger partial charge in [0.1, 0.15) is 11.3 Å². The molecule has 0 heterocycles. The number of nitriles is 1. The van der Waals surface area contributed by atoms with Crippen molar-refractivity contribution in [3.8, 4) is 11.8 Å². The molecule has 0 spiro atoms. The molecular formula is C15H19N3O4. The molecule has 118 valence electrons. The summed E-state index contributed by atoms with van der Waals surface area (Å²) in [5.74, 6) is -0.0815. The monoisotopic (exact) mass is 305 g/mol. The minimum absolute atomic E-state index is 0.0360. The Hall–Kier alpha value is -2.62. The predicted octanol–water partition coefficient (Wildman–Crippen LogP) is 2.34. The Balaban J connectivity index is 2.69. The summed E-state index contributed by atoms with van der Waals surface area (Å²) in [4.78, 5) is 22.0. The van der Waals surface area contributed by atoms with Crippen LogP contribution in [-0.4, -0.2) is 23.0 Å². The molecule has 0 radical (unpaired) electrons. The third-order valence-corrected chi connectivity index (χ3v) is 3.51. The second-order valence-corrected chi connectivity index (χ2v) is 5.51. The normalized spacial score (nSPS) is 13.1. The third kappa shape index (κ3) is 4.19. The quantitative estimate of drug-likeness (QED) is 0.641. The van der Waals surface area contributed by atoms with Gasteiger partial charge in [-0.15, -0.1) is 0 Å². The molecule has 0 saturated heterocycles. The molecule has 0 aliphatic heterocycles. The van der Waals surface area contributed by atoms with Crippen molar-refractivity contribution in [2.24, 2.45) is 5.92 Å². The minimum atomic E-state index is -0.967. The minimum Gasteiger partial charge on any atom is -0.483 e. The first-order chi connectivity index (χ1) is 10.2. The van der Waals surface area contributed by atoms with Crippen molar-refractivity contribution >= 4 is 11.6 Å². The van der Waals surface area contributed by atoms with Gasteiger partial charge in [-0.25, -0.2) is 0 Å². The standard InChI is InChI=1S/C15H19N3O4/c1-10(2)15(4,9-16)17-14(19)8-22-13-6-5-12(18(20)21)7-11(13)3/h5-7,10H,8H2,1-4H3,(H,17,19). The second-order valence-electron chi connectivity index (χ2n) is 5.51. The number of nitrogens with one attached hydrogen (secondary N) is 1. The van der Waals surface area contributed by atoms with Gasteiger partial charge in [-0.2, -0.15) is 5.26 Å². The Morgan fingerprint density at radius 2 is 2.18 bits per heavy atom. The highest BCUT2D eigenvalue weighted by Gasteiger charge is 2.30. The van der Waals surface area contributed by atoms with Crippen molar-refractivity contribution in [3.63, 3.8) is 0 Å². The zero-order valence-corrected chi connectivity index (χ0v) is 13.0. The van der Waals surface area contributed by atoms with Crippen LogP contribution in [0.2, 0.25) is 0 Å². The molecule has 1 unspecified atom stereocenters. The van der Waals surface area contributed by atoms with Gasteiger partial charge in [0, 0.05) is 12.1 Å². The smallest absolute Gasteiger partial charge is 0.269 e. The summed E-state index contributed by atoms with van der Waals surface area (Å²) in [7, 11) is 0. The van der Waals surface area contributed by atoms with E-state index in [1.54, 1.807) is 13.8 Å². The van der Waals surface area contributed by atoms with E-state index in [0.717, 1.165) is 0 Å². The molecule has 1 atom stereocenters. The van der Waals surface area contributed by atoms with E-state index < -0.39 is 16.4 Å². The fourth-order valence-electron chi connectivity index (χ4n) is 1.68. The lowest BCUT2D eigenvalue weighted by Gasteiger charge is -2.27. The number of carbonyl (C=O) groups is 1. The van der Waals surface area contributed by atoms with Crippen LogP contribution in [0.4, 0.5) is 5.69 Å². The Bertz CT molecular complexity index is 622. The number of amides is 1. The highest BCUT2D eigenvalue weighted by Crippen LogP contribution is 2.23. The Kier molecular flexibility index (Phi) is 5.46. The molecule has 1 aromatic rings. The summed E-state index contributed by atoms with van der Waals surface area (Å²) in [6.45, 7) is 6.72. The molecular weight excluding hydrogens is 286 g/mol. The van der Waals surface area contributed by atoms with E-state index in [0.29, 0.717) is 11.3 Å². The molecule has 1 N–H and O–H groups in total. The van der Waals surface area contributed by atoms with E-state index >= 15 is 0 Å². The Labute approximate surface area is 129 Å². The lowest BCUT2D eigenvalue weighted by Crippen LogP contribution is -2.50. The van der Waals surface area contributed by atoms with Gasteiger partial charge < -0.3 is 10.1 Å². The van der Waals surface area contributed by atoms with Gasteiger partial charge in [-0.1, -0.05) is 13.8 Å². The highest BCUT2D eigenvalue weighted by atomic mass is 16.6. The van der Waals surface area contributed by atoms with Crippen molar-refractivity contribution in [1.82, 2.24) is 5.32 Å². The number of aryl methyl sites for hydroxylation is 1. The van der Waals surface area contributed by atoms with Crippen LogP contribution in [0.1, 0.15) is 26.3 Å². The second kappa shape index (κ2) is 6.89. The van der Waals surface area contributed by atoms with Crippen molar-refractivity contribution < 1.29 is 14.5 Å². The van der Waals surface area contributed by atoms with Crippen molar-refractivity contribution in [2.75, 3.05) is 6.61 Å². The largest absolute Gasteiger partial charge is 0.483 e. The Morgan fingerprint density at radius 3 is 2.64 bits per heavy atom. The fourth-order valence-corrected chi connectivity index (χ4v) is 1.68. The van der Waals surface area contributed by atoms with Gasteiger partial charge in [0.25, 0.3) is 11.6 Å². The van der Waals surface area contributed by atoms with Gasteiger partial charge >= 0.3 is 0 Å². The first-order valence-electron chi connectivity index (χ1n) is 6.79.